The lowest BCUT2D eigenvalue weighted by Crippen LogP contribution is -2.55. The average Bonchev–Trinajstić information content (AvgIpc) is 2.23. The molecule has 0 aromatic rings. The van der Waals surface area contributed by atoms with Crippen LogP contribution in [0.4, 0.5) is 4.79 Å². The second-order valence-corrected chi connectivity index (χ2v) is 5.78. The maximum Gasteiger partial charge on any atom is 0.410 e. The molecular formula is C13H24N2O3. The van der Waals surface area contributed by atoms with Crippen molar-refractivity contribution in [1.29, 1.82) is 0 Å². The quantitative estimate of drug-likeness (QED) is 0.718. The highest BCUT2D eigenvalue weighted by Gasteiger charge is 2.30. The lowest BCUT2D eigenvalue weighted by atomic mass is 10.2. The summed E-state index contributed by atoms with van der Waals surface area (Å²) >= 11 is 0. The fraction of sp³-hybridized carbons (Fsp3) is 0.846. The lowest BCUT2D eigenvalue weighted by molar-refractivity contribution is -0.108. The Morgan fingerprint density at radius 1 is 1.39 bits per heavy atom. The van der Waals surface area contributed by atoms with Crippen LogP contribution < -0.4 is 0 Å². The highest BCUT2D eigenvalue weighted by Crippen LogP contribution is 2.15. The number of nitrogens with zero attached hydrogens (tertiary/aromatic N) is 2. The van der Waals surface area contributed by atoms with Crippen molar-refractivity contribution >= 4 is 12.4 Å². The molecule has 1 amide bonds. The molecule has 1 saturated heterocycles. The van der Waals surface area contributed by atoms with Crippen LogP contribution in [0.25, 0.3) is 0 Å². The first-order valence-corrected chi connectivity index (χ1v) is 6.49. The lowest BCUT2D eigenvalue weighted by Gasteiger charge is -2.40. The molecular weight excluding hydrogens is 232 g/mol. The molecule has 0 aromatic carbocycles. The molecule has 104 valence electrons. The molecule has 1 aliphatic rings. The molecule has 0 aromatic heterocycles. The SMILES string of the molecule is CC1CN(CCC=O)CCN1C(=O)OC(C)(C)C. The van der Waals surface area contributed by atoms with E-state index in [1.54, 1.807) is 4.90 Å². The summed E-state index contributed by atoms with van der Waals surface area (Å²) in [6.07, 6.45) is 1.24. The normalized spacial score (nSPS) is 21.8. The van der Waals surface area contributed by atoms with Crippen molar-refractivity contribution in [2.45, 2.75) is 45.8 Å². The first-order valence-electron chi connectivity index (χ1n) is 6.49. The van der Waals surface area contributed by atoms with Crippen molar-refractivity contribution in [3.05, 3.63) is 0 Å². The first kappa shape index (κ1) is 15.0. The third kappa shape index (κ3) is 4.64. The van der Waals surface area contributed by atoms with E-state index in [9.17, 15) is 9.59 Å². The Bertz CT molecular complexity index is 299. The van der Waals surface area contributed by atoms with Gasteiger partial charge in [0.15, 0.2) is 0 Å². The summed E-state index contributed by atoms with van der Waals surface area (Å²) in [5.41, 5.74) is -0.453. The van der Waals surface area contributed by atoms with Crippen LogP contribution in [0.5, 0.6) is 0 Å². The van der Waals surface area contributed by atoms with Gasteiger partial charge in [-0.05, 0) is 27.7 Å². The largest absolute Gasteiger partial charge is 0.444 e. The van der Waals surface area contributed by atoms with Gasteiger partial charge in [-0.15, -0.1) is 0 Å². The molecule has 0 radical (unpaired) electrons. The minimum Gasteiger partial charge on any atom is -0.444 e. The molecule has 5 heteroatoms. The number of amides is 1. The number of hydrogen-bond donors (Lipinski definition) is 0. The van der Waals surface area contributed by atoms with E-state index >= 15 is 0 Å². The van der Waals surface area contributed by atoms with Crippen molar-refractivity contribution in [2.24, 2.45) is 0 Å². The number of carbonyl (C=O) groups excluding carboxylic acids is 2. The zero-order valence-corrected chi connectivity index (χ0v) is 11.8. The topological polar surface area (TPSA) is 49.9 Å². The van der Waals surface area contributed by atoms with Gasteiger partial charge < -0.3 is 14.4 Å². The highest BCUT2D eigenvalue weighted by molar-refractivity contribution is 5.68. The Balaban J connectivity index is 2.46. The molecule has 18 heavy (non-hydrogen) atoms. The molecule has 1 rings (SSSR count). The molecule has 0 spiro atoms. The standard InChI is InChI=1S/C13H24N2O3/c1-11-10-14(6-5-9-16)7-8-15(11)12(17)18-13(2,3)4/h9,11H,5-8,10H2,1-4H3. The van der Waals surface area contributed by atoms with Gasteiger partial charge in [0.05, 0.1) is 0 Å². The van der Waals surface area contributed by atoms with E-state index in [1.807, 2.05) is 27.7 Å². The minimum atomic E-state index is -0.453. The van der Waals surface area contributed by atoms with E-state index in [2.05, 4.69) is 4.90 Å². The van der Waals surface area contributed by atoms with Crippen LogP contribution in [0, 0.1) is 0 Å². The fourth-order valence-corrected chi connectivity index (χ4v) is 2.06. The second-order valence-electron chi connectivity index (χ2n) is 5.78. The summed E-state index contributed by atoms with van der Waals surface area (Å²) in [6.45, 7) is 10.7. The van der Waals surface area contributed by atoms with Gasteiger partial charge in [-0.2, -0.15) is 0 Å². The maximum atomic E-state index is 12.0. The van der Waals surface area contributed by atoms with Crippen molar-refractivity contribution in [1.82, 2.24) is 9.80 Å². The summed E-state index contributed by atoms with van der Waals surface area (Å²) in [4.78, 5) is 26.3. The van der Waals surface area contributed by atoms with Crippen LogP contribution in [-0.4, -0.2) is 60.0 Å². The molecule has 1 unspecified atom stereocenters. The second kappa shape index (κ2) is 6.18. The van der Waals surface area contributed by atoms with Gasteiger partial charge in [-0.3, -0.25) is 4.90 Å². The average molecular weight is 256 g/mol. The van der Waals surface area contributed by atoms with Gasteiger partial charge in [0.25, 0.3) is 0 Å². The summed E-state index contributed by atoms with van der Waals surface area (Å²) in [6, 6.07) is 0.125. The maximum absolute atomic E-state index is 12.0. The highest BCUT2D eigenvalue weighted by atomic mass is 16.6. The Morgan fingerprint density at radius 3 is 2.56 bits per heavy atom. The van der Waals surface area contributed by atoms with Gasteiger partial charge in [-0.1, -0.05) is 0 Å². The molecule has 1 heterocycles. The van der Waals surface area contributed by atoms with Gasteiger partial charge in [0.1, 0.15) is 11.9 Å². The molecule has 0 N–H and O–H groups in total. The minimum absolute atomic E-state index is 0.125. The zero-order valence-electron chi connectivity index (χ0n) is 11.8. The molecule has 5 nitrogen and oxygen atoms in total. The zero-order chi connectivity index (χ0) is 13.8. The van der Waals surface area contributed by atoms with Crippen molar-refractivity contribution < 1.29 is 14.3 Å². The summed E-state index contributed by atoms with van der Waals surface area (Å²) in [7, 11) is 0. The van der Waals surface area contributed by atoms with Gasteiger partial charge in [0, 0.05) is 38.6 Å². The van der Waals surface area contributed by atoms with E-state index in [4.69, 9.17) is 4.74 Å². The molecule has 0 bridgehead atoms. The number of hydrogen-bond acceptors (Lipinski definition) is 4. The van der Waals surface area contributed by atoms with Crippen LogP contribution >= 0.6 is 0 Å². The Morgan fingerprint density at radius 2 is 2.06 bits per heavy atom. The first-order chi connectivity index (χ1) is 8.33. The van der Waals surface area contributed by atoms with Crippen molar-refractivity contribution in [2.75, 3.05) is 26.2 Å². The summed E-state index contributed by atoms with van der Waals surface area (Å²) in [5.74, 6) is 0. The number of carbonyl (C=O) groups is 2. The van der Waals surface area contributed by atoms with Crippen LogP contribution in [0.15, 0.2) is 0 Å². The predicted molar refractivity (Wildman–Crippen MR) is 69.5 cm³/mol. The van der Waals surface area contributed by atoms with E-state index in [1.165, 1.54) is 0 Å². The van der Waals surface area contributed by atoms with Crippen LogP contribution in [0.2, 0.25) is 0 Å². The molecule has 0 saturated carbocycles. The third-order valence-electron chi connectivity index (χ3n) is 2.90. The number of piperazine rings is 1. The summed E-state index contributed by atoms with van der Waals surface area (Å²) < 4.78 is 5.38. The number of ether oxygens (including phenoxy) is 1. The van der Waals surface area contributed by atoms with E-state index in [0.29, 0.717) is 13.0 Å². The number of aldehydes is 1. The predicted octanol–water partition coefficient (Wildman–Crippen LogP) is 1.52. The van der Waals surface area contributed by atoms with Crippen LogP contribution in [-0.2, 0) is 9.53 Å². The van der Waals surface area contributed by atoms with E-state index < -0.39 is 5.60 Å². The fourth-order valence-electron chi connectivity index (χ4n) is 2.06. The van der Waals surface area contributed by atoms with Crippen LogP contribution in [0.3, 0.4) is 0 Å². The Labute approximate surface area is 109 Å². The van der Waals surface area contributed by atoms with Crippen molar-refractivity contribution in [3.8, 4) is 0 Å². The van der Waals surface area contributed by atoms with Gasteiger partial charge >= 0.3 is 6.09 Å². The molecule has 1 aliphatic heterocycles. The Kier molecular flexibility index (Phi) is 5.14. The van der Waals surface area contributed by atoms with Crippen molar-refractivity contribution in [3.63, 3.8) is 0 Å². The van der Waals surface area contributed by atoms with Gasteiger partial charge in [0.2, 0.25) is 0 Å². The molecule has 0 aliphatic carbocycles. The third-order valence-corrected chi connectivity index (χ3v) is 2.90. The molecule has 1 fully saturated rings. The van der Waals surface area contributed by atoms with Gasteiger partial charge in [-0.25, -0.2) is 4.79 Å². The van der Waals surface area contributed by atoms with Crippen LogP contribution in [0.1, 0.15) is 34.1 Å². The van der Waals surface area contributed by atoms with E-state index in [-0.39, 0.29) is 12.1 Å². The summed E-state index contributed by atoms with van der Waals surface area (Å²) in [5, 5.41) is 0. The number of rotatable bonds is 3. The smallest absolute Gasteiger partial charge is 0.410 e. The van der Waals surface area contributed by atoms with E-state index in [0.717, 1.165) is 25.9 Å². The monoisotopic (exact) mass is 256 g/mol. The molecule has 1 atom stereocenters. The Hall–Kier alpha value is -1.10.